The number of carbonyl (C=O) groups is 1. The highest BCUT2D eigenvalue weighted by Crippen LogP contribution is 2.26. The van der Waals surface area contributed by atoms with Gasteiger partial charge in [-0.1, -0.05) is 25.1 Å². The lowest BCUT2D eigenvalue weighted by Gasteiger charge is -2.34. The Bertz CT molecular complexity index is 635. The maximum Gasteiger partial charge on any atom is 0.254 e. The SMILES string of the molecule is CC1(CNC(=O)c2cnn(-c3ccccc3)c2)CCNCC1.Cl. The molecule has 23 heavy (non-hydrogen) atoms. The first-order valence-corrected chi connectivity index (χ1v) is 7.75. The first-order chi connectivity index (χ1) is 10.7. The second-order valence-corrected chi connectivity index (χ2v) is 6.25. The highest BCUT2D eigenvalue weighted by atomic mass is 35.5. The number of para-hydroxylation sites is 1. The van der Waals surface area contributed by atoms with Crippen molar-refractivity contribution < 1.29 is 4.79 Å². The molecular formula is C17H23ClN4O. The molecule has 2 aromatic rings. The minimum absolute atomic E-state index is 0. The zero-order valence-electron chi connectivity index (χ0n) is 13.3. The molecule has 0 aliphatic carbocycles. The smallest absolute Gasteiger partial charge is 0.254 e. The van der Waals surface area contributed by atoms with Gasteiger partial charge in [0.25, 0.3) is 5.91 Å². The molecule has 1 amide bonds. The van der Waals surface area contributed by atoms with E-state index in [1.807, 2.05) is 30.3 Å². The van der Waals surface area contributed by atoms with Crippen LogP contribution in [0.1, 0.15) is 30.1 Å². The van der Waals surface area contributed by atoms with Crippen molar-refractivity contribution in [3.63, 3.8) is 0 Å². The van der Waals surface area contributed by atoms with Crippen LogP contribution in [-0.4, -0.2) is 35.3 Å². The van der Waals surface area contributed by atoms with Gasteiger partial charge in [-0.25, -0.2) is 4.68 Å². The fraction of sp³-hybridized carbons (Fsp3) is 0.412. The van der Waals surface area contributed by atoms with E-state index < -0.39 is 0 Å². The third-order valence-electron chi connectivity index (χ3n) is 4.35. The van der Waals surface area contributed by atoms with Crippen molar-refractivity contribution in [3.05, 3.63) is 48.3 Å². The van der Waals surface area contributed by atoms with Crippen molar-refractivity contribution in [1.29, 1.82) is 0 Å². The molecule has 0 atom stereocenters. The molecule has 5 nitrogen and oxygen atoms in total. The third-order valence-corrected chi connectivity index (χ3v) is 4.35. The van der Waals surface area contributed by atoms with Gasteiger partial charge < -0.3 is 10.6 Å². The quantitative estimate of drug-likeness (QED) is 0.902. The predicted molar refractivity (Wildman–Crippen MR) is 93.4 cm³/mol. The average Bonchev–Trinajstić information content (AvgIpc) is 3.04. The maximum atomic E-state index is 12.3. The van der Waals surface area contributed by atoms with Gasteiger partial charge in [-0.05, 0) is 43.5 Å². The largest absolute Gasteiger partial charge is 0.351 e. The van der Waals surface area contributed by atoms with E-state index in [4.69, 9.17) is 0 Å². The molecule has 2 heterocycles. The third kappa shape index (κ3) is 4.33. The summed E-state index contributed by atoms with van der Waals surface area (Å²) in [6.45, 7) is 5.00. The van der Waals surface area contributed by atoms with Gasteiger partial charge in [-0.2, -0.15) is 5.10 Å². The van der Waals surface area contributed by atoms with E-state index in [0.717, 1.165) is 31.6 Å². The molecule has 0 saturated carbocycles. The summed E-state index contributed by atoms with van der Waals surface area (Å²) in [7, 11) is 0. The fourth-order valence-corrected chi connectivity index (χ4v) is 2.76. The van der Waals surface area contributed by atoms with E-state index in [1.165, 1.54) is 0 Å². The van der Waals surface area contributed by atoms with Gasteiger partial charge in [0.1, 0.15) is 0 Å². The molecule has 124 valence electrons. The standard InChI is InChI=1S/C17H22N4O.ClH/c1-17(7-9-18-10-8-17)13-19-16(22)14-11-20-21(12-14)15-5-3-2-4-6-15;/h2-6,11-12,18H,7-10,13H2,1H3,(H,19,22);1H. The molecule has 2 N–H and O–H groups in total. The molecule has 1 aliphatic rings. The molecule has 0 unspecified atom stereocenters. The van der Waals surface area contributed by atoms with Gasteiger partial charge in [0.05, 0.1) is 17.4 Å². The molecule has 0 bridgehead atoms. The van der Waals surface area contributed by atoms with Gasteiger partial charge in [0.15, 0.2) is 0 Å². The summed E-state index contributed by atoms with van der Waals surface area (Å²) in [6, 6.07) is 9.79. The Morgan fingerprint density at radius 3 is 2.70 bits per heavy atom. The Kier molecular flexibility index (Phi) is 5.80. The molecule has 1 aromatic carbocycles. The van der Waals surface area contributed by atoms with E-state index in [0.29, 0.717) is 12.1 Å². The summed E-state index contributed by atoms with van der Waals surface area (Å²) in [4.78, 5) is 12.3. The van der Waals surface area contributed by atoms with E-state index in [2.05, 4.69) is 22.7 Å². The zero-order chi connectivity index (χ0) is 15.4. The molecule has 0 spiro atoms. The fourth-order valence-electron chi connectivity index (χ4n) is 2.76. The van der Waals surface area contributed by atoms with Gasteiger partial charge in [0.2, 0.25) is 0 Å². The summed E-state index contributed by atoms with van der Waals surface area (Å²) in [5, 5.41) is 10.7. The van der Waals surface area contributed by atoms with Crippen LogP contribution >= 0.6 is 12.4 Å². The molecule has 3 rings (SSSR count). The first-order valence-electron chi connectivity index (χ1n) is 7.75. The number of rotatable bonds is 4. The van der Waals surface area contributed by atoms with Gasteiger partial charge in [-0.3, -0.25) is 4.79 Å². The van der Waals surface area contributed by atoms with Crippen molar-refractivity contribution in [1.82, 2.24) is 20.4 Å². The van der Waals surface area contributed by atoms with Crippen LogP contribution in [0.4, 0.5) is 0 Å². The summed E-state index contributed by atoms with van der Waals surface area (Å²) in [6.07, 6.45) is 5.58. The number of nitrogens with one attached hydrogen (secondary N) is 2. The number of benzene rings is 1. The van der Waals surface area contributed by atoms with Gasteiger partial charge >= 0.3 is 0 Å². The lowest BCUT2D eigenvalue weighted by molar-refractivity contribution is 0.0922. The first kappa shape index (κ1) is 17.5. The molecule has 6 heteroatoms. The van der Waals surface area contributed by atoms with Crippen molar-refractivity contribution in [2.75, 3.05) is 19.6 Å². The topological polar surface area (TPSA) is 59.0 Å². The van der Waals surface area contributed by atoms with Crippen molar-refractivity contribution in [2.24, 2.45) is 5.41 Å². The van der Waals surface area contributed by atoms with Crippen molar-refractivity contribution >= 4 is 18.3 Å². The van der Waals surface area contributed by atoms with Crippen LogP contribution in [-0.2, 0) is 0 Å². The minimum atomic E-state index is -0.0538. The lowest BCUT2D eigenvalue weighted by Crippen LogP contribution is -2.42. The number of nitrogens with zero attached hydrogens (tertiary/aromatic N) is 2. The Morgan fingerprint density at radius 2 is 2.00 bits per heavy atom. The van der Waals surface area contributed by atoms with Gasteiger partial charge in [0, 0.05) is 12.7 Å². The van der Waals surface area contributed by atoms with E-state index in [9.17, 15) is 4.79 Å². The molecule has 1 saturated heterocycles. The number of halogens is 1. The van der Waals surface area contributed by atoms with Crippen LogP contribution in [0.15, 0.2) is 42.7 Å². The molecule has 0 radical (unpaired) electrons. The number of hydrogen-bond donors (Lipinski definition) is 2. The number of carbonyl (C=O) groups excluding carboxylic acids is 1. The summed E-state index contributed by atoms with van der Waals surface area (Å²) in [5.74, 6) is -0.0538. The van der Waals surface area contributed by atoms with E-state index >= 15 is 0 Å². The minimum Gasteiger partial charge on any atom is -0.351 e. The van der Waals surface area contributed by atoms with Crippen molar-refractivity contribution in [2.45, 2.75) is 19.8 Å². The lowest BCUT2D eigenvalue weighted by atomic mass is 9.81. The highest BCUT2D eigenvalue weighted by molar-refractivity contribution is 5.93. The van der Waals surface area contributed by atoms with Crippen LogP contribution in [0.25, 0.3) is 5.69 Å². The zero-order valence-corrected chi connectivity index (χ0v) is 14.1. The molecular weight excluding hydrogens is 312 g/mol. The Morgan fingerprint density at radius 1 is 1.30 bits per heavy atom. The molecule has 1 aromatic heterocycles. The normalized spacial score (nSPS) is 16.4. The molecule has 1 aliphatic heterocycles. The number of hydrogen-bond acceptors (Lipinski definition) is 3. The van der Waals surface area contributed by atoms with Crippen LogP contribution in [0.3, 0.4) is 0 Å². The maximum absolute atomic E-state index is 12.3. The summed E-state index contributed by atoms with van der Waals surface area (Å²) in [5.41, 5.74) is 1.74. The number of amides is 1. The monoisotopic (exact) mass is 334 g/mol. The van der Waals surface area contributed by atoms with E-state index in [-0.39, 0.29) is 23.7 Å². The van der Waals surface area contributed by atoms with Crippen LogP contribution < -0.4 is 10.6 Å². The second kappa shape index (κ2) is 7.62. The summed E-state index contributed by atoms with van der Waals surface area (Å²) < 4.78 is 1.72. The highest BCUT2D eigenvalue weighted by Gasteiger charge is 2.27. The Balaban J connectivity index is 0.00000192. The van der Waals surface area contributed by atoms with Crippen molar-refractivity contribution in [3.8, 4) is 5.69 Å². The second-order valence-electron chi connectivity index (χ2n) is 6.25. The van der Waals surface area contributed by atoms with Gasteiger partial charge in [-0.15, -0.1) is 12.4 Å². The van der Waals surface area contributed by atoms with Crippen LogP contribution in [0, 0.1) is 5.41 Å². The summed E-state index contributed by atoms with van der Waals surface area (Å²) >= 11 is 0. The van der Waals surface area contributed by atoms with Crippen LogP contribution in [0.5, 0.6) is 0 Å². The number of piperidine rings is 1. The predicted octanol–water partition coefficient (Wildman–Crippen LogP) is 2.41. The number of aromatic nitrogens is 2. The molecule has 1 fully saturated rings. The van der Waals surface area contributed by atoms with Crippen LogP contribution in [0.2, 0.25) is 0 Å². The Hall–Kier alpha value is -1.85. The Labute approximate surface area is 142 Å². The average molecular weight is 335 g/mol. The van der Waals surface area contributed by atoms with E-state index in [1.54, 1.807) is 17.1 Å².